The maximum atomic E-state index is 3.79. The molecule has 120 valence electrons. The Morgan fingerprint density at radius 2 is 1.35 bits per heavy atom. The molecule has 1 nitrogen and oxygen atoms in total. The van der Waals surface area contributed by atoms with E-state index in [0.29, 0.717) is 0 Å². The van der Waals surface area contributed by atoms with Gasteiger partial charge >= 0.3 is 0 Å². The minimum atomic E-state index is 0.828. The van der Waals surface area contributed by atoms with Gasteiger partial charge in [0.25, 0.3) is 0 Å². The lowest BCUT2D eigenvalue weighted by molar-refractivity contribution is 0.238. The first kappa shape index (κ1) is 18.0. The molecule has 1 aliphatic rings. The minimum Gasteiger partial charge on any atom is -0.314 e. The first-order valence-corrected chi connectivity index (χ1v) is 9.47. The van der Waals surface area contributed by atoms with Gasteiger partial charge < -0.3 is 5.32 Å². The summed E-state index contributed by atoms with van der Waals surface area (Å²) in [6, 6.07) is 0.828. The molecule has 0 atom stereocenters. The van der Waals surface area contributed by atoms with Crippen LogP contribution in [0, 0.1) is 11.8 Å². The zero-order valence-corrected chi connectivity index (χ0v) is 14.4. The van der Waals surface area contributed by atoms with Crippen molar-refractivity contribution in [3.05, 3.63) is 0 Å². The maximum absolute atomic E-state index is 3.79. The van der Waals surface area contributed by atoms with E-state index >= 15 is 0 Å². The molecule has 0 aromatic heterocycles. The molecule has 0 amide bonds. The van der Waals surface area contributed by atoms with Crippen LogP contribution in [0.3, 0.4) is 0 Å². The molecule has 1 N–H and O–H groups in total. The van der Waals surface area contributed by atoms with E-state index in [-0.39, 0.29) is 0 Å². The lowest BCUT2D eigenvalue weighted by Gasteiger charge is -2.31. The normalized spacial score (nSPS) is 23.4. The Morgan fingerprint density at radius 3 is 1.90 bits per heavy atom. The molecule has 1 fully saturated rings. The van der Waals surface area contributed by atoms with E-state index in [2.05, 4.69) is 26.1 Å². The Morgan fingerprint density at radius 1 is 0.800 bits per heavy atom. The highest BCUT2D eigenvalue weighted by Gasteiger charge is 2.22. The van der Waals surface area contributed by atoms with Gasteiger partial charge in [0.1, 0.15) is 0 Å². The van der Waals surface area contributed by atoms with Gasteiger partial charge in [-0.05, 0) is 50.5 Å². The summed E-state index contributed by atoms with van der Waals surface area (Å²) in [5.74, 6) is 1.89. The SMILES string of the molecule is CCCCCCCCCCNC1CCC(C(C)C)CC1. The summed E-state index contributed by atoms with van der Waals surface area (Å²) >= 11 is 0. The van der Waals surface area contributed by atoms with Crippen molar-refractivity contribution >= 4 is 0 Å². The predicted molar refractivity (Wildman–Crippen MR) is 91.2 cm³/mol. The average molecular weight is 282 g/mol. The number of rotatable bonds is 11. The van der Waals surface area contributed by atoms with Crippen LogP contribution >= 0.6 is 0 Å². The van der Waals surface area contributed by atoms with E-state index in [1.54, 1.807) is 0 Å². The van der Waals surface area contributed by atoms with Gasteiger partial charge in [-0.1, -0.05) is 65.7 Å². The molecule has 0 bridgehead atoms. The van der Waals surface area contributed by atoms with Crippen LogP contribution < -0.4 is 5.32 Å². The van der Waals surface area contributed by atoms with E-state index in [9.17, 15) is 0 Å². The Hall–Kier alpha value is -0.0400. The lowest BCUT2D eigenvalue weighted by Crippen LogP contribution is -2.34. The van der Waals surface area contributed by atoms with E-state index in [1.807, 2.05) is 0 Å². The Labute approximate surface area is 128 Å². The second-order valence-corrected chi connectivity index (χ2v) is 7.28. The largest absolute Gasteiger partial charge is 0.314 e. The Kier molecular flexibility index (Phi) is 10.4. The summed E-state index contributed by atoms with van der Waals surface area (Å²) in [6.45, 7) is 8.32. The highest BCUT2D eigenvalue weighted by molar-refractivity contribution is 4.78. The molecule has 1 aliphatic carbocycles. The fourth-order valence-electron chi connectivity index (χ4n) is 3.56. The predicted octanol–water partition coefficient (Wildman–Crippen LogP) is 5.93. The van der Waals surface area contributed by atoms with Crippen LogP contribution in [0.5, 0.6) is 0 Å². The smallest absolute Gasteiger partial charge is 0.00672 e. The summed E-state index contributed by atoms with van der Waals surface area (Å²) in [7, 11) is 0. The van der Waals surface area contributed by atoms with Gasteiger partial charge in [-0.25, -0.2) is 0 Å². The van der Waals surface area contributed by atoms with Crippen LogP contribution in [0.1, 0.15) is 97.8 Å². The monoisotopic (exact) mass is 281 g/mol. The first-order valence-electron chi connectivity index (χ1n) is 9.47. The van der Waals surface area contributed by atoms with Crippen molar-refractivity contribution in [1.82, 2.24) is 5.32 Å². The summed E-state index contributed by atoms with van der Waals surface area (Å²) in [5, 5.41) is 3.79. The summed E-state index contributed by atoms with van der Waals surface area (Å²) < 4.78 is 0. The summed E-state index contributed by atoms with van der Waals surface area (Å²) in [6.07, 6.45) is 17.2. The van der Waals surface area contributed by atoms with Crippen molar-refractivity contribution in [2.45, 2.75) is 104 Å². The molecule has 1 rings (SSSR count). The van der Waals surface area contributed by atoms with Crippen LogP contribution in [0.2, 0.25) is 0 Å². The van der Waals surface area contributed by atoms with Gasteiger partial charge in [-0.15, -0.1) is 0 Å². The quantitative estimate of drug-likeness (QED) is 0.463. The van der Waals surface area contributed by atoms with Crippen LogP contribution in [-0.4, -0.2) is 12.6 Å². The second kappa shape index (κ2) is 11.6. The number of hydrogen-bond donors (Lipinski definition) is 1. The molecule has 0 aliphatic heterocycles. The van der Waals surface area contributed by atoms with Gasteiger partial charge in [0.05, 0.1) is 0 Å². The van der Waals surface area contributed by atoms with Gasteiger partial charge in [0.2, 0.25) is 0 Å². The van der Waals surface area contributed by atoms with Crippen LogP contribution in [-0.2, 0) is 0 Å². The molecule has 0 saturated heterocycles. The molecule has 0 aromatic rings. The maximum Gasteiger partial charge on any atom is 0.00672 e. The molecular weight excluding hydrogens is 242 g/mol. The second-order valence-electron chi connectivity index (χ2n) is 7.28. The zero-order valence-electron chi connectivity index (χ0n) is 14.4. The van der Waals surface area contributed by atoms with Crippen molar-refractivity contribution < 1.29 is 0 Å². The molecule has 0 unspecified atom stereocenters. The molecule has 0 heterocycles. The van der Waals surface area contributed by atoms with Crippen LogP contribution in [0.15, 0.2) is 0 Å². The topological polar surface area (TPSA) is 12.0 Å². The molecule has 1 saturated carbocycles. The Balaban J connectivity index is 1.85. The number of nitrogens with one attached hydrogen (secondary N) is 1. The van der Waals surface area contributed by atoms with Crippen LogP contribution in [0.25, 0.3) is 0 Å². The van der Waals surface area contributed by atoms with Crippen molar-refractivity contribution in [2.24, 2.45) is 11.8 Å². The van der Waals surface area contributed by atoms with E-state index in [4.69, 9.17) is 0 Å². The van der Waals surface area contributed by atoms with Crippen molar-refractivity contribution in [3.8, 4) is 0 Å². The standard InChI is InChI=1S/C19H39N/c1-4-5-6-7-8-9-10-11-16-20-19-14-12-18(13-15-19)17(2)3/h17-20H,4-16H2,1-3H3. The lowest BCUT2D eigenvalue weighted by atomic mass is 9.80. The minimum absolute atomic E-state index is 0.828. The molecule has 0 aromatic carbocycles. The van der Waals surface area contributed by atoms with Gasteiger partial charge in [0.15, 0.2) is 0 Å². The molecule has 0 spiro atoms. The van der Waals surface area contributed by atoms with Gasteiger partial charge in [0, 0.05) is 6.04 Å². The fourth-order valence-corrected chi connectivity index (χ4v) is 3.56. The van der Waals surface area contributed by atoms with E-state index < -0.39 is 0 Å². The first-order chi connectivity index (χ1) is 9.74. The van der Waals surface area contributed by atoms with Crippen molar-refractivity contribution in [3.63, 3.8) is 0 Å². The number of hydrogen-bond acceptors (Lipinski definition) is 1. The fraction of sp³-hybridized carbons (Fsp3) is 1.00. The molecule has 0 radical (unpaired) electrons. The third-order valence-corrected chi connectivity index (χ3v) is 5.18. The van der Waals surface area contributed by atoms with Crippen molar-refractivity contribution in [2.75, 3.05) is 6.54 Å². The number of unbranched alkanes of at least 4 members (excludes halogenated alkanes) is 7. The summed E-state index contributed by atoms with van der Waals surface area (Å²) in [5.41, 5.74) is 0. The average Bonchev–Trinajstić information content (AvgIpc) is 2.46. The highest BCUT2D eigenvalue weighted by Crippen LogP contribution is 2.29. The Bertz CT molecular complexity index is 204. The van der Waals surface area contributed by atoms with Gasteiger partial charge in [-0.2, -0.15) is 0 Å². The summed E-state index contributed by atoms with van der Waals surface area (Å²) in [4.78, 5) is 0. The molecule has 20 heavy (non-hydrogen) atoms. The highest BCUT2D eigenvalue weighted by atomic mass is 14.9. The van der Waals surface area contributed by atoms with Crippen molar-refractivity contribution in [1.29, 1.82) is 0 Å². The van der Waals surface area contributed by atoms with Gasteiger partial charge in [-0.3, -0.25) is 0 Å². The molecular formula is C19H39N. The third-order valence-electron chi connectivity index (χ3n) is 5.18. The zero-order chi connectivity index (χ0) is 14.6. The van der Waals surface area contributed by atoms with E-state index in [0.717, 1.165) is 17.9 Å². The molecule has 1 heteroatoms. The van der Waals surface area contributed by atoms with E-state index in [1.165, 1.54) is 83.6 Å². The third kappa shape index (κ3) is 8.29. The van der Waals surface area contributed by atoms with Crippen LogP contribution in [0.4, 0.5) is 0 Å².